The maximum absolute atomic E-state index is 11.1. The summed E-state index contributed by atoms with van der Waals surface area (Å²) >= 11 is 3.31. The van der Waals surface area contributed by atoms with Crippen LogP contribution in [-0.2, 0) is 16.0 Å². The highest BCUT2D eigenvalue weighted by molar-refractivity contribution is 9.10. The van der Waals surface area contributed by atoms with Crippen LogP contribution < -0.4 is 10.1 Å². The zero-order valence-corrected chi connectivity index (χ0v) is 11.7. The zero-order valence-electron chi connectivity index (χ0n) is 10.1. The summed E-state index contributed by atoms with van der Waals surface area (Å²) in [5.74, 6) is -0.863. The molecule has 1 rings (SSSR count). The van der Waals surface area contributed by atoms with Crippen molar-refractivity contribution < 1.29 is 19.4 Å². The zero-order chi connectivity index (χ0) is 13.7. The minimum Gasteiger partial charge on any atom is -0.496 e. The number of amides is 1. The minimum absolute atomic E-state index is 0.164. The van der Waals surface area contributed by atoms with E-state index in [1.54, 1.807) is 18.2 Å². The Morgan fingerprint density at radius 3 is 2.67 bits per heavy atom. The number of rotatable bonds is 5. The van der Waals surface area contributed by atoms with Crippen molar-refractivity contribution in [3.63, 3.8) is 0 Å². The third kappa shape index (κ3) is 4.03. The maximum Gasteiger partial charge on any atom is 0.326 e. The molecule has 1 atom stereocenters. The van der Waals surface area contributed by atoms with Gasteiger partial charge < -0.3 is 15.2 Å². The number of carboxylic acid groups (broad SMARTS) is 1. The quantitative estimate of drug-likeness (QED) is 0.865. The van der Waals surface area contributed by atoms with E-state index in [1.165, 1.54) is 14.0 Å². The molecule has 0 aliphatic carbocycles. The molecule has 0 fully saturated rings. The summed E-state index contributed by atoms with van der Waals surface area (Å²) in [6.07, 6.45) is 0.164. The molecule has 0 aliphatic rings. The van der Waals surface area contributed by atoms with Gasteiger partial charge in [0.25, 0.3) is 0 Å². The van der Waals surface area contributed by atoms with E-state index in [9.17, 15) is 9.59 Å². The van der Waals surface area contributed by atoms with Crippen LogP contribution in [-0.4, -0.2) is 30.1 Å². The van der Waals surface area contributed by atoms with Crippen molar-refractivity contribution in [2.24, 2.45) is 0 Å². The molecule has 0 saturated carbocycles. The van der Waals surface area contributed by atoms with E-state index in [2.05, 4.69) is 21.2 Å². The average molecular weight is 316 g/mol. The molecule has 1 aromatic carbocycles. The molecule has 5 nitrogen and oxygen atoms in total. The van der Waals surface area contributed by atoms with Crippen LogP contribution in [0.1, 0.15) is 12.5 Å². The number of carboxylic acids is 1. The van der Waals surface area contributed by atoms with Crippen LogP contribution in [0.4, 0.5) is 0 Å². The van der Waals surface area contributed by atoms with Gasteiger partial charge in [0, 0.05) is 17.8 Å². The number of methoxy groups -OCH3 is 1. The molecule has 0 aromatic heterocycles. The van der Waals surface area contributed by atoms with Crippen molar-refractivity contribution >= 4 is 27.8 Å². The molecule has 0 radical (unpaired) electrons. The van der Waals surface area contributed by atoms with Crippen molar-refractivity contribution in [3.8, 4) is 5.75 Å². The average Bonchev–Trinajstić information content (AvgIpc) is 2.27. The third-order valence-electron chi connectivity index (χ3n) is 2.34. The largest absolute Gasteiger partial charge is 0.496 e. The maximum atomic E-state index is 11.1. The van der Waals surface area contributed by atoms with Crippen LogP contribution in [0.3, 0.4) is 0 Å². The van der Waals surface area contributed by atoms with Gasteiger partial charge in [0.2, 0.25) is 5.91 Å². The first-order valence-corrected chi connectivity index (χ1v) is 6.05. The standard InChI is InChI=1S/C12H14BrNO4/c1-7(15)14-10(12(16)17)6-8-5-9(13)3-4-11(8)18-2/h3-5,10H,6H2,1-2H3,(H,14,15)(H,16,17). The normalized spacial score (nSPS) is 11.7. The smallest absolute Gasteiger partial charge is 0.326 e. The van der Waals surface area contributed by atoms with Gasteiger partial charge in [-0.1, -0.05) is 15.9 Å². The lowest BCUT2D eigenvalue weighted by atomic mass is 10.0. The molecular weight excluding hydrogens is 302 g/mol. The molecule has 0 heterocycles. The van der Waals surface area contributed by atoms with Crippen molar-refractivity contribution in [3.05, 3.63) is 28.2 Å². The van der Waals surface area contributed by atoms with Crippen LogP contribution in [0.25, 0.3) is 0 Å². The van der Waals surface area contributed by atoms with Crippen molar-refractivity contribution in [2.75, 3.05) is 7.11 Å². The molecule has 2 N–H and O–H groups in total. The molecule has 1 aromatic rings. The van der Waals surface area contributed by atoms with Gasteiger partial charge in [0.1, 0.15) is 11.8 Å². The fourth-order valence-electron chi connectivity index (χ4n) is 1.57. The fourth-order valence-corrected chi connectivity index (χ4v) is 1.98. The first-order chi connectivity index (χ1) is 8.43. The van der Waals surface area contributed by atoms with E-state index in [-0.39, 0.29) is 12.3 Å². The molecule has 0 spiro atoms. The van der Waals surface area contributed by atoms with E-state index in [0.29, 0.717) is 11.3 Å². The van der Waals surface area contributed by atoms with E-state index in [0.717, 1.165) is 4.47 Å². The van der Waals surface area contributed by atoms with Crippen LogP contribution in [0.15, 0.2) is 22.7 Å². The predicted octanol–water partition coefficient (Wildman–Crippen LogP) is 1.59. The summed E-state index contributed by atoms with van der Waals surface area (Å²) in [4.78, 5) is 22.0. The Labute approximate surface area is 113 Å². The summed E-state index contributed by atoms with van der Waals surface area (Å²) in [5.41, 5.74) is 0.716. The molecule has 0 saturated heterocycles. The Morgan fingerprint density at radius 2 is 2.17 bits per heavy atom. The highest BCUT2D eigenvalue weighted by Crippen LogP contribution is 2.24. The van der Waals surface area contributed by atoms with Crippen LogP contribution in [0.5, 0.6) is 5.75 Å². The second kappa shape index (κ2) is 6.39. The lowest BCUT2D eigenvalue weighted by Crippen LogP contribution is -2.41. The molecule has 98 valence electrons. The lowest BCUT2D eigenvalue weighted by molar-refractivity contribution is -0.141. The molecule has 1 unspecified atom stereocenters. The highest BCUT2D eigenvalue weighted by Gasteiger charge is 2.20. The molecular formula is C12H14BrNO4. The van der Waals surface area contributed by atoms with Crippen LogP contribution >= 0.6 is 15.9 Å². The van der Waals surface area contributed by atoms with E-state index < -0.39 is 12.0 Å². The summed E-state index contributed by atoms with van der Waals surface area (Å²) in [6.45, 7) is 1.29. The van der Waals surface area contributed by atoms with E-state index >= 15 is 0 Å². The van der Waals surface area contributed by atoms with Crippen LogP contribution in [0.2, 0.25) is 0 Å². The Morgan fingerprint density at radius 1 is 1.50 bits per heavy atom. The van der Waals surface area contributed by atoms with Crippen molar-refractivity contribution in [1.82, 2.24) is 5.32 Å². The Bertz CT molecular complexity index is 461. The number of aliphatic carboxylic acids is 1. The Balaban J connectivity index is 2.95. The monoisotopic (exact) mass is 315 g/mol. The predicted molar refractivity (Wildman–Crippen MR) is 69.6 cm³/mol. The topological polar surface area (TPSA) is 75.6 Å². The number of carbonyl (C=O) groups is 2. The van der Waals surface area contributed by atoms with Crippen LogP contribution in [0, 0.1) is 0 Å². The number of ether oxygens (including phenoxy) is 1. The molecule has 6 heteroatoms. The number of hydrogen-bond donors (Lipinski definition) is 2. The first kappa shape index (κ1) is 14.5. The SMILES string of the molecule is COc1ccc(Br)cc1CC(NC(C)=O)C(=O)O. The van der Waals surface area contributed by atoms with E-state index in [4.69, 9.17) is 9.84 Å². The van der Waals surface area contributed by atoms with Gasteiger partial charge in [0.15, 0.2) is 0 Å². The highest BCUT2D eigenvalue weighted by atomic mass is 79.9. The number of hydrogen-bond acceptors (Lipinski definition) is 3. The van der Waals surface area contributed by atoms with Gasteiger partial charge in [0.05, 0.1) is 7.11 Å². The van der Waals surface area contributed by atoms with Gasteiger partial charge in [-0.25, -0.2) is 4.79 Å². The Hall–Kier alpha value is -1.56. The second-order valence-corrected chi connectivity index (χ2v) is 4.67. The number of benzene rings is 1. The van der Waals surface area contributed by atoms with Crippen molar-refractivity contribution in [2.45, 2.75) is 19.4 Å². The molecule has 18 heavy (non-hydrogen) atoms. The summed E-state index contributed by atoms with van der Waals surface area (Å²) in [7, 11) is 1.51. The van der Waals surface area contributed by atoms with Crippen molar-refractivity contribution in [1.29, 1.82) is 0 Å². The minimum atomic E-state index is -1.08. The third-order valence-corrected chi connectivity index (χ3v) is 2.84. The first-order valence-electron chi connectivity index (χ1n) is 5.26. The van der Waals surface area contributed by atoms with E-state index in [1.807, 2.05) is 0 Å². The Kier molecular flexibility index (Phi) is 5.15. The van der Waals surface area contributed by atoms with Gasteiger partial charge in [-0.2, -0.15) is 0 Å². The second-order valence-electron chi connectivity index (χ2n) is 3.75. The molecule has 0 bridgehead atoms. The van der Waals surface area contributed by atoms with Gasteiger partial charge in [-0.3, -0.25) is 4.79 Å². The summed E-state index contributed by atoms with van der Waals surface area (Å²) in [5, 5.41) is 11.4. The number of halogens is 1. The fraction of sp³-hybridized carbons (Fsp3) is 0.333. The van der Waals surface area contributed by atoms with Gasteiger partial charge in [-0.05, 0) is 23.8 Å². The lowest BCUT2D eigenvalue weighted by Gasteiger charge is -2.15. The number of carbonyl (C=O) groups excluding carboxylic acids is 1. The molecule has 0 aliphatic heterocycles. The number of nitrogens with one attached hydrogen (secondary N) is 1. The van der Waals surface area contributed by atoms with Gasteiger partial charge >= 0.3 is 5.97 Å². The summed E-state index contributed by atoms with van der Waals surface area (Å²) < 4.78 is 5.98. The summed E-state index contributed by atoms with van der Waals surface area (Å²) in [6, 6.07) is 4.35. The van der Waals surface area contributed by atoms with Gasteiger partial charge in [-0.15, -0.1) is 0 Å². The molecule has 1 amide bonds.